The lowest BCUT2D eigenvalue weighted by Crippen LogP contribution is -2.27. The number of hydrogen-bond acceptors (Lipinski definition) is 11. The van der Waals surface area contributed by atoms with E-state index in [2.05, 4.69) is 15.0 Å². The fraction of sp³-hybridized carbons (Fsp3) is 0.615. The zero-order valence-electron chi connectivity index (χ0n) is 15.1. The molecule has 2 N–H and O–H groups in total. The number of imidazole rings is 1. The lowest BCUT2D eigenvalue weighted by atomic mass is 10.3. The van der Waals surface area contributed by atoms with E-state index in [1.54, 1.807) is 11.5 Å². The summed E-state index contributed by atoms with van der Waals surface area (Å²) in [7, 11) is -5.92. The number of nitrogen functional groups attached to an aromatic ring is 1. The molecule has 0 aliphatic carbocycles. The Morgan fingerprint density at radius 3 is 2.70 bits per heavy atom. The summed E-state index contributed by atoms with van der Waals surface area (Å²) in [6.07, 6.45) is 2.49. The Balaban J connectivity index is 2.18. The van der Waals surface area contributed by atoms with Gasteiger partial charge in [0.2, 0.25) is 0 Å². The highest BCUT2D eigenvalue weighted by Crippen LogP contribution is 2.47. The van der Waals surface area contributed by atoms with E-state index in [1.165, 1.54) is 19.8 Å². The molecule has 0 bridgehead atoms. The number of nitrogens with zero attached hydrogens (tertiary/aromatic N) is 4. The Kier molecular flexibility index (Phi) is 7.25. The molecule has 0 saturated carbocycles. The molecule has 2 rings (SSSR count). The molecule has 152 valence electrons. The molecule has 2 aromatic rings. The predicted molar refractivity (Wildman–Crippen MR) is 96.5 cm³/mol. The molecule has 27 heavy (non-hydrogen) atoms. The van der Waals surface area contributed by atoms with Crippen molar-refractivity contribution >= 4 is 34.7 Å². The highest BCUT2D eigenvalue weighted by molar-refractivity contribution is 7.85. The van der Waals surface area contributed by atoms with Crippen molar-refractivity contribution in [1.82, 2.24) is 19.5 Å². The Morgan fingerprint density at radius 2 is 2.07 bits per heavy atom. The molecule has 0 spiro atoms. The van der Waals surface area contributed by atoms with Crippen LogP contribution in [0, 0.1) is 0 Å². The molecule has 0 fully saturated rings. The third kappa shape index (κ3) is 6.19. The van der Waals surface area contributed by atoms with Gasteiger partial charge in [-0.15, -0.1) is 0 Å². The van der Waals surface area contributed by atoms with Crippen LogP contribution in [0.3, 0.4) is 0 Å². The van der Waals surface area contributed by atoms with Crippen molar-refractivity contribution in [2.24, 2.45) is 0 Å². The first-order valence-electron chi connectivity index (χ1n) is 7.84. The minimum atomic E-state index is -3.70. The summed E-state index contributed by atoms with van der Waals surface area (Å²) < 4.78 is 57.0. The Bertz CT molecular complexity index is 919. The standard InChI is InChI=1S/C13H22N5O7PS/c1-4-24-26(19,22-2)9-23-10(6-25-27(3,20)21)5-18-8-17-11-12(14)15-7-16-13(11)18/h7-8,10H,4-6,9H2,1-3H3,(H2,14,15,16). The van der Waals surface area contributed by atoms with Gasteiger partial charge in [-0.25, -0.2) is 15.0 Å². The summed E-state index contributed by atoms with van der Waals surface area (Å²) in [5, 5.41) is 0. The summed E-state index contributed by atoms with van der Waals surface area (Å²) in [5.41, 5.74) is 6.59. The van der Waals surface area contributed by atoms with Crippen molar-refractivity contribution < 1.29 is 31.0 Å². The molecule has 0 amide bonds. The molecular formula is C13H22N5O7PS. The van der Waals surface area contributed by atoms with E-state index < -0.39 is 23.8 Å². The molecule has 0 saturated heterocycles. The fourth-order valence-electron chi connectivity index (χ4n) is 2.14. The number of rotatable bonds is 11. The molecule has 2 unspecified atom stereocenters. The molecular weight excluding hydrogens is 401 g/mol. The van der Waals surface area contributed by atoms with E-state index in [4.69, 9.17) is 23.7 Å². The zero-order valence-corrected chi connectivity index (χ0v) is 16.9. The third-order valence-electron chi connectivity index (χ3n) is 3.37. The topological polar surface area (TPSA) is 158 Å². The summed E-state index contributed by atoms with van der Waals surface area (Å²) in [6, 6.07) is 0. The van der Waals surface area contributed by atoms with E-state index in [1.807, 2.05) is 0 Å². The summed E-state index contributed by atoms with van der Waals surface area (Å²) in [5.74, 6) is 0.212. The van der Waals surface area contributed by atoms with Gasteiger partial charge >= 0.3 is 7.60 Å². The number of anilines is 1. The van der Waals surface area contributed by atoms with Crippen molar-refractivity contribution in [2.45, 2.75) is 19.6 Å². The average molecular weight is 423 g/mol. The monoisotopic (exact) mass is 423 g/mol. The lowest BCUT2D eigenvalue weighted by Gasteiger charge is -2.21. The normalized spacial score (nSPS) is 15.7. The molecule has 2 heterocycles. The van der Waals surface area contributed by atoms with E-state index in [0.29, 0.717) is 11.2 Å². The van der Waals surface area contributed by atoms with Crippen LogP contribution in [-0.4, -0.2) is 67.0 Å². The largest absolute Gasteiger partial charge is 0.382 e. The number of aromatic nitrogens is 4. The van der Waals surface area contributed by atoms with Gasteiger partial charge in [0, 0.05) is 7.11 Å². The zero-order chi connectivity index (χ0) is 20.1. The second-order valence-corrected chi connectivity index (χ2v) is 9.19. The first-order valence-corrected chi connectivity index (χ1v) is 11.4. The van der Waals surface area contributed by atoms with Crippen LogP contribution >= 0.6 is 7.60 Å². The van der Waals surface area contributed by atoms with Crippen LogP contribution in [0.5, 0.6) is 0 Å². The van der Waals surface area contributed by atoms with Crippen LogP contribution in [0.4, 0.5) is 5.82 Å². The number of fused-ring (bicyclic) bond motifs is 1. The Hall–Kier alpha value is -1.63. The van der Waals surface area contributed by atoms with Gasteiger partial charge in [-0.2, -0.15) is 8.42 Å². The van der Waals surface area contributed by atoms with Crippen molar-refractivity contribution in [3.05, 3.63) is 12.7 Å². The van der Waals surface area contributed by atoms with Gasteiger partial charge in [0.25, 0.3) is 10.1 Å². The molecule has 0 aliphatic heterocycles. The maximum atomic E-state index is 12.4. The van der Waals surface area contributed by atoms with Gasteiger partial charge in [0.05, 0.1) is 32.3 Å². The molecule has 0 aliphatic rings. The molecule has 2 atom stereocenters. The summed E-state index contributed by atoms with van der Waals surface area (Å²) >= 11 is 0. The highest BCUT2D eigenvalue weighted by atomic mass is 32.2. The van der Waals surface area contributed by atoms with E-state index >= 15 is 0 Å². The minimum Gasteiger partial charge on any atom is -0.382 e. The van der Waals surface area contributed by atoms with E-state index in [-0.39, 0.29) is 31.9 Å². The predicted octanol–water partition coefficient (Wildman–Crippen LogP) is 0.603. The number of hydrogen-bond donors (Lipinski definition) is 1. The van der Waals surface area contributed by atoms with Crippen LogP contribution in [0.1, 0.15) is 6.92 Å². The van der Waals surface area contributed by atoms with Crippen molar-refractivity contribution in [3.63, 3.8) is 0 Å². The smallest absolute Gasteiger partial charge is 0.355 e. The maximum Gasteiger partial charge on any atom is 0.355 e. The first-order chi connectivity index (χ1) is 12.7. The van der Waals surface area contributed by atoms with Crippen molar-refractivity contribution in [3.8, 4) is 0 Å². The fourth-order valence-corrected chi connectivity index (χ4v) is 3.61. The van der Waals surface area contributed by atoms with Gasteiger partial charge in [0.15, 0.2) is 11.5 Å². The Labute approximate surface area is 156 Å². The van der Waals surface area contributed by atoms with Gasteiger partial charge in [0.1, 0.15) is 24.3 Å². The van der Waals surface area contributed by atoms with Gasteiger partial charge in [-0.3, -0.25) is 8.75 Å². The second kappa shape index (κ2) is 9.04. The average Bonchev–Trinajstić information content (AvgIpc) is 3.01. The maximum absolute atomic E-state index is 12.4. The van der Waals surface area contributed by atoms with Gasteiger partial charge in [-0.05, 0) is 6.92 Å². The number of ether oxygens (including phenoxy) is 1. The number of nitrogens with two attached hydrogens (primary N) is 1. The van der Waals surface area contributed by atoms with E-state index in [9.17, 15) is 13.0 Å². The van der Waals surface area contributed by atoms with Crippen LogP contribution in [0.25, 0.3) is 11.2 Å². The minimum absolute atomic E-state index is 0.109. The quantitative estimate of drug-likeness (QED) is 0.398. The third-order valence-corrected chi connectivity index (χ3v) is 5.61. The molecule has 12 nitrogen and oxygen atoms in total. The molecule has 0 aromatic carbocycles. The Morgan fingerprint density at radius 1 is 1.33 bits per heavy atom. The van der Waals surface area contributed by atoms with Crippen LogP contribution in [0.2, 0.25) is 0 Å². The highest BCUT2D eigenvalue weighted by Gasteiger charge is 2.26. The van der Waals surface area contributed by atoms with Crippen LogP contribution in [0.15, 0.2) is 12.7 Å². The van der Waals surface area contributed by atoms with Gasteiger partial charge < -0.3 is 24.1 Å². The van der Waals surface area contributed by atoms with Crippen molar-refractivity contribution in [2.75, 3.05) is 38.7 Å². The van der Waals surface area contributed by atoms with Crippen molar-refractivity contribution in [1.29, 1.82) is 0 Å². The van der Waals surface area contributed by atoms with Crippen LogP contribution < -0.4 is 5.73 Å². The van der Waals surface area contributed by atoms with Crippen LogP contribution in [-0.2, 0) is 39.2 Å². The lowest BCUT2D eigenvalue weighted by molar-refractivity contribution is 0.0262. The summed E-state index contributed by atoms with van der Waals surface area (Å²) in [4.78, 5) is 12.1. The van der Waals surface area contributed by atoms with E-state index in [0.717, 1.165) is 6.26 Å². The van der Waals surface area contributed by atoms with Gasteiger partial charge in [-0.1, -0.05) is 0 Å². The molecule has 2 aromatic heterocycles. The first kappa shape index (κ1) is 21.7. The molecule has 0 radical (unpaired) electrons. The summed E-state index contributed by atoms with van der Waals surface area (Å²) in [6.45, 7) is 1.63. The molecule has 14 heteroatoms. The SMILES string of the molecule is CCOP(=O)(COC(COS(C)(=O)=O)Cn1cnc2c(N)ncnc21)OC. The second-order valence-electron chi connectivity index (χ2n) is 5.45.